The molecule has 2 heterocycles. The van der Waals surface area contributed by atoms with E-state index in [4.69, 9.17) is 16.3 Å². The van der Waals surface area contributed by atoms with Crippen LogP contribution in [0, 0.1) is 10.1 Å². The van der Waals surface area contributed by atoms with Crippen molar-refractivity contribution in [2.45, 2.75) is 25.8 Å². The van der Waals surface area contributed by atoms with Crippen molar-refractivity contribution in [2.24, 2.45) is 0 Å². The van der Waals surface area contributed by atoms with Crippen molar-refractivity contribution < 1.29 is 24.4 Å². The van der Waals surface area contributed by atoms with Gasteiger partial charge in [0.05, 0.1) is 33.4 Å². The van der Waals surface area contributed by atoms with Crippen molar-refractivity contribution >= 4 is 61.4 Å². The number of aliphatic hydroxyl groups is 1. The third kappa shape index (κ3) is 5.08. The number of aliphatic hydroxyl groups excluding tert-OH is 1. The van der Waals surface area contributed by atoms with Gasteiger partial charge in [-0.25, -0.2) is 4.98 Å². The maximum absolute atomic E-state index is 13.4. The van der Waals surface area contributed by atoms with Crippen molar-refractivity contribution in [1.82, 2.24) is 4.98 Å². The molecule has 1 fully saturated rings. The molecule has 1 aliphatic rings. The van der Waals surface area contributed by atoms with Crippen LogP contribution in [0.1, 0.15) is 36.9 Å². The first-order chi connectivity index (χ1) is 18.8. The monoisotopic (exact) mass is 563 g/mol. The average molecular weight is 564 g/mol. The third-order valence-electron chi connectivity index (χ3n) is 6.28. The Labute approximate surface area is 232 Å². The summed E-state index contributed by atoms with van der Waals surface area (Å²) in [6.45, 7) is 2.54. The number of aromatic nitrogens is 1. The van der Waals surface area contributed by atoms with Crippen LogP contribution in [0.5, 0.6) is 5.75 Å². The molecule has 1 saturated heterocycles. The largest absolute Gasteiger partial charge is 0.507 e. The van der Waals surface area contributed by atoms with Crippen molar-refractivity contribution in [3.05, 3.63) is 98.6 Å². The van der Waals surface area contributed by atoms with E-state index in [0.717, 1.165) is 12.8 Å². The number of non-ortho nitro benzene ring substituents is 1. The van der Waals surface area contributed by atoms with Crippen LogP contribution in [0.3, 0.4) is 0 Å². The Morgan fingerprint density at radius 1 is 1.15 bits per heavy atom. The van der Waals surface area contributed by atoms with Crippen LogP contribution in [0.4, 0.5) is 10.8 Å². The Balaban J connectivity index is 1.65. The summed E-state index contributed by atoms with van der Waals surface area (Å²) in [5, 5.41) is 23.4. The Hall–Kier alpha value is -4.28. The van der Waals surface area contributed by atoms with Gasteiger partial charge < -0.3 is 9.84 Å². The van der Waals surface area contributed by atoms with E-state index >= 15 is 0 Å². The molecule has 1 aliphatic heterocycles. The van der Waals surface area contributed by atoms with Crippen LogP contribution in [0.2, 0.25) is 5.02 Å². The average Bonchev–Trinajstić information content (AvgIpc) is 3.46. The predicted octanol–water partition coefficient (Wildman–Crippen LogP) is 6.66. The van der Waals surface area contributed by atoms with Gasteiger partial charge in [-0.05, 0) is 54.4 Å². The highest BCUT2D eigenvalue weighted by molar-refractivity contribution is 7.22. The van der Waals surface area contributed by atoms with E-state index in [1.807, 2.05) is 6.92 Å². The number of hydrogen-bond donors (Lipinski definition) is 1. The van der Waals surface area contributed by atoms with E-state index in [0.29, 0.717) is 38.7 Å². The maximum atomic E-state index is 13.4. The fraction of sp³-hybridized carbons (Fsp3) is 0.179. The number of nitro groups is 1. The molecule has 1 aromatic heterocycles. The lowest BCUT2D eigenvalue weighted by molar-refractivity contribution is -0.384. The minimum Gasteiger partial charge on any atom is -0.507 e. The summed E-state index contributed by atoms with van der Waals surface area (Å²) in [6, 6.07) is 16.1. The molecule has 0 aliphatic carbocycles. The fourth-order valence-electron chi connectivity index (χ4n) is 4.34. The van der Waals surface area contributed by atoms with E-state index in [2.05, 4.69) is 4.98 Å². The normalized spacial score (nSPS) is 16.7. The second-order valence-electron chi connectivity index (χ2n) is 8.86. The number of nitrogens with zero attached hydrogens (tertiary/aromatic N) is 3. The fourth-order valence-corrected chi connectivity index (χ4v) is 5.60. The topological polar surface area (TPSA) is 123 Å². The highest BCUT2D eigenvalue weighted by atomic mass is 35.5. The number of carbonyl (C=O) groups excluding carboxylic acids is 2. The van der Waals surface area contributed by atoms with E-state index < -0.39 is 22.7 Å². The Kier molecular flexibility index (Phi) is 7.32. The van der Waals surface area contributed by atoms with Crippen molar-refractivity contribution in [3.8, 4) is 5.75 Å². The van der Waals surface area contributed by atoms with Crippen molar-refractivity contribution in [3.63, 3.8) is 0 Å². The van der Waals surface area contributed by atoms with Crippen LogP contribution >= 0.6 is 22.9 Å². The van der Waals surface area contributed by atoms with Gasteiger partial charge in [0.2, 0.25) is 0 Å². The predicted molar refractivity (Wildman–Crippen MR) is 149 cm³/mol. The number of halogens is 1. The Morgan fingerprint density at radius 3 is 2.64 bits per heavy atom. The van der Waals surface area contributed by atoms with E-state index in [9.17, 15) is 24.8 Å². The van der Waals surface area contributed by atoms with Gasteiger partial charge in [0, 0.05) is 22.7 Å². The zero-order valence-electron chi connectivity index (χ0n) is 20.7. The molecule has 1 N–H and O–H groups in total. The molecular formula is C28H22ClN3O6S. The summed E-state index contributed by atoms with van der Waals surface area (Å²) in [6.07, 6.45) is 1.81. The second-order valence-corrected chi connectivity index (χ2v) is 10.3. The summed E-state index contributed by atoms with van der Waals surface area (Å²) < 4.78 is 6.46. The molecule has 0 saturated carbocycles. The molecule has 1 atom stereocenters. The molecule has 1 amide bonds. The number of Topliss-reactive ketones (excluding diaryl/α,β-unsaturated/α-hetero) is 1. The van der Waals surface area contributed by atoms with Crippen LogP contribution < -0.4 is 9.64 Å². The number of nitro benzene ring substituents is 1. The van der Waals surface area contributed by atoms with Crippen LogP contribution in [0.15, 0.2) is 72.3 Å². The highest BCUT2D eigenvalue weighted by Crippen LogP contribution is 2.45. The number of unbranched alkanes of at least 4 members (excludes halogenated alkanes) is 1. The van der Waals surface area contributed by atoms with Crippen LogP contribution in [0.25, 0.3) is 16.0 Å². The van der Waals surface area contributed by atoms with Gasteiger partial charge in [0.1, 0.15) is 11.5 Å². The maximum Gasteiger partial charge on any atom is 0.301 e. The van der Waals surface area contributed by atoms with Crippen molar-refractivity contribution in [1.29, 1.82) is 0 Å². The number of fused-ring (bicyclic) bond motifs is 1. The van der Waals surface area contributed by atoms with E-state index in [1.165, 1.54) is 40.5 Å². The van der Waals surface area contributed by atoms with Gasteiger partial charge in [-0.15, -0.1) is 0 Å². The molecule has 0 spiro atoms. The minimum absolute atomic E-state index is 0.151. The third-order valence-corrected chi connectivity index (χ3v) is 7.54. The quantitative estimate of drug-likeness (QED) is 0.0634. The molecule has 11 heteroatoms. The molecule has 9 nitrogen and oxygen atoms in total. The number of ether oxygens (including phenoxy) is 1. The smallest absolute Gasteiger partial charge is 0.301 e. The number of hydrogen-bond acceptors (Lipinski definition) is 8. The lowest BCUT2D eigenvalue weighted by Crippen LogP contribution is -2.29. The second kappa shape index (κ2) is 10.8. The zero-order valence-corrected chi connectivity index (χ0v) is 22.2. The molecule has 1 unspecified atom stereocenters. The van der Waals surface area contributed by atoms with Crippen molar-refractivity contribution in [2.75, 3.05) is 11.5 Å². The van der Waals surface area contributed by atoms with Gasteiger partial charge >= 0.3 is 5.91 Å². The number of ketones is 1. The summed E-state index contributed by atoms with van der Waals surface area (Å²) in [4.78, 5) is 43.3. The number of benzene rings is 3. The summed E-state index contributed by atoms with van der Waals surface area (Å²) >= 11 is 7.30. The molecule has 0 bridgehead atoms. The Bertz CT molecular complexity index is 1630. The molecule has 3 aromatic carbocycles. The molecular weight excluding hydrogens is 542 g/mol. The molecule has 198 valence electrons. The van der Waals surface area contributed by atoms with E-state index in [1.54, 1.807) is 42.5 Å². The van der Waals surface area contributed by atoms with E-state index in [-0.39, 0.29) is 22.2 Å². The summed E-state index contributed by atoms with van der Waals surface area (Å²) in [5.74, 6) is -1.65. The number of anilines is 1. The van der Waals surface area contributed by atoms with Gasteiger partial charge in [-0.3, -0.25) is 24.6 Å². The highest BCUT2D eigenvalue weighted by Gasteiger charge is 2.48. The lowest BCUT2D eigenvalue weighted by atomic mass is 9.95. The van der Waals surface area contributed by atoms with Gasteiger partial charge in [-0.2, -0.15) is 0 Å². The number of rotatable bonds is 8. The molecule has 39 heavy (non-hydrogen) atoms. The zero-order chi connectivity index (χ0) is 27.7. The molecule has 0 radical (unpaired) electrons. The first-order valence-electron chi connectivity index (χ1n) is 12.1. The first-order valence-corrected chi connectivity index (χ1v) is 13.3. The number of thiazole rings is 1. The summed E-state index contributed by atoms with van der Waals surface area (Å²) in [7, 11) is 0. The van der Waals surface area contributed by atoms with Gasteiger partial charge in [0.15, 0.2) is 5.13 Å². The first kappa shape index (κ1) is 26.3. The van der Waals surface area contributed by atoms with Crippen LogP contribution in [-0.4, -0.2) is 33.3 Å². The van der Waals surface area contributed by atoms with Crippen LogP contribution in [-0.2, 0) is 9.59 Å². The number of amides is 1. The van der Waals surface area contributed by atoms with Gasteiger partial charge in [0.25, 0.3) is 11.5 Å². The molecule has 4 aromatic rings. The molecule has 5 rings (SSSR count). The SMILES string of the molecule is CCCCOc1cccc(/C(O)=C2\C(=O)C(=O)N(c3nc4ccc(Cl)cc4s3)C2c2ccc([N+](=O)[O-])cc2)c1. The number of carbonyl (C=O) groups is 2. The minimum atomic E-state index is -1.08. The van der Waals surface area contributed by atoms with Gasteiger partial charge in [-0.1, -0.05) is 48.4 Å². The standard InChI is InChI=1S/C28H22ClN3O6S/c1-2-3-13-38-20-6-4-5-17(14-20)25(33)23-24(16-7-10-19(11-8-16)32(36)37)31(27(35)26(23)34)28-30-21-12-9-18(29)15-22(21)39-28/h4-12,14-15,24,33H,2-3,13H2,1H3/b25-23+. The lowest BCUT2D eigenvalue weighted by Gasteiger charge is -2.23. The summed E-state index contributed by atoms with van der Waals surface area (Å²) in [5.41, 5.74) is 0.971. The Morgan fingerprint density at radius 2 is 1.92 bits per heavy atom.